The number of nitrogens with zero attached hydrogens (tertiary/aromatic N) is 2. The number of hydrogen-bond acceptors (Lipinski definition) is 3. The van der Waals surface area contributed by atoms with Gasteiger partial charge in [-0.3, -0.25) is 4.79 Å². The lowest BCUT2D eigenvalue weighted by Gasteiger charge is -2.01. The fourth-order valence-electron chi connectivity index (χ4n) is 2.35. The van der Waals surface area contributed by atoms with Gasteiger partial charge in [0.1, 0.15) is 5.82 Å². The first-order valence-corrected chi connectivity index (χ1v) is 9.46. The fraction of sp³-hybridized carbons (Fsp3) is 0.158. The first kappa shape index (κ1) is 17.5. The lowest BCUT2D eigenvalue weighted by atomic mass is 10.3. The maximum Gasteiger partial charge on any atom is 0.249 e. The third-order valence-electron chi connectivity index (χ3n) is 3.45. The van der Waals surface area contributed by atoms with E-state index in [9.17, 15) is 9.18 Å². The van der Waals surface area contributed by atoms with Gasteiger partial charge in [-0.1, -0.05) is 41.5 Å². The van der Waals surface area contributed by atoms with E-state index in [0.717, 1.165) is 9.60 Å². The first-order chi connectivity index (χ1) is 12.2. The number of aromatic nitrogens is 1. The van der Waals surface area contributed by atoms with Gasteiger partial charge in [0.05, 0.1) is 16.8 Å². The molecular formula is C19H15FN2OS2. The maximum atomic E-state index is 14.1. The Morgan fingerprint density at radius 3 is 2.80 bits per heavy atom. The van der Waals surface area contributed by atoms with E-state index in [1.807, 2.05) is 30.3 Å². The van der Waals surface area contributed by atoms with E-state index in [-0.39, 0.29) is 18.3 Å². The Morgan fingerprint density at radius 1 is 1.24 bits per heavy atom. The van der Waals surface area contributed by atoms with Crippen molar-refractivity contribution in [3.05, 3.63) is 59.1 Å². The molecule has 0 N–H and O–H groups in total. The molecule has 0 aliphatic carbocycles. The Hall–Kier alpha value is -2.36. The topological polar surface area (TPSA) is 34.4 Å². The van der Waals surface area contributed by atoms with Gasteiger partial charge in [-0.2, -0.15) is 4.99 Å². The summed E-state index contributed by atoms with van der Waals surface area (Å²) in [6.45, 7) is 0.172. The molecule has 0 aliphatic heterocycles. The molecule has 0 unspecified atom stereocenters. The predicted octanol–water partition coefficient (Wildman–Crippen LogP) is 4.08. The van der Waals surface area contributed by atoms with Crippen LogP contribution in [0.4, 0.5) is 4.39 Å². The summed E-state index contributed by atoms with van der Waals surface area (Å²) in [6.07, 6.45) is 5.70. The van der Waals surface area contributed by atoms with Gasteiger partial charge < -0.3 is 4.57 Å². The van der Waals surface area contributed by atoms with Crippen LogP contribution in [0.5, 0.6) is 0 Å². The van der Waals surface area contributed by atoms with Crippen molar-refractivity contribution in [2.75, 3.05) is 5.75 Å². The van der Waals surface area contributed by atoms with Gasteiger partial charge >= 0.3 is 0 Å². The zero-order valence-electron chi connectivity index (χ0n) is 13.3. The Labute approximate surface area is 153 Å². The Bertz CT molecular complexity index is 1000. The van der Waals surface area contributed by atoms with Crippen molar-refractivity contribution in [2.45, 2.75) is 17.9 Å². The minimum Gasteiger partial charge on any atom is -0.302 e. The highest BCUT2D eigenvalue weighted by molar-refractivity contribution is 7.99. The molecule has 6 heteroatoms. The summed E-state index contributed by atoms with van der Waals surface area (Å²) in [5, 5.41) is 0. The van der Waals surface area contributed by atoms with Crippen LogP contribution in [0.3, 0.4) is 0 Å². The molecule has 126 valence electrons. The number of thiazole rings is 1. The molecule has 0 saturated carbocycles. The average Bonchev–Trinajstić information content (AvgIpc) is 2.95. The standard InChI is InChI=1S/C19H15FN2OS2/c1-2-12-22-18-15(20)9-6-10-16(18)25-19(22)21-17(23)11-13-24-14-7-4-3-5-8-14/h1,3-10H,11-13H2. The smallest absolute Gasteiger partial charge is 0.249 e. The van der Waals surface area contributed by atoms with Gasteiger partial charge in [-0.15, -0.1) is 18.2 Å². The molecule has 1 heterocycles. The maximum absolute atomic E-state index is 14.1. The quantitative estimate of drug-likeness (QED) is 0.501. The van der Waals surface area contributed by atoms with Gasteiger partial charge in [0.15, 0.2) is 4.80 Å². The molecule has 1 amide bonds. The van der Waals surface area contributed by atoms with Crippen molar-refractivity contribution < 1.29 is 9.18 Å². The minimum atomic E-state index is -0.363. The van der Waals surface area contributed by atoms with E-state index >= 15 is 0 Å². The normalized spacial score (nSPS) is 11.6. The number of thioether (sulfide) groups is 1. The van der Waals surface area contributed by atoms with Crippen LogP contribution < -0.4 is 4.80 Å². The van der Waals surface area contributed by atoms with E-state index in [4.69, 9.17) is 6.42 Å². The lowest BCUT2D eigenvalue weighted by Crippen LogP contribution is -2.17. The molecule has 0 fully saturated rings. The summed E-state index contributed by atoms with van der Waals surface area (Å²) in [5.74, 6) is 2.54. The summed E-state index contributed by atoms with van der Waals surface area (Å²) in [6, 6.07) is 14.7. The average molecular weight is 370 g/mol. The van der Waals surface area contributed by atoms with Crippen LogP contribution in [0.2, 0.25) is 0 Å². The minimum absolute atomic E-state index is 0.172. The molecule has 0 aliphatic rings. The van der Waals surface area contributed by atoms with Crippen molar-refractivity contribution in [1.82, 2.24) is 4.57 Å². The van der Waals surface area contributed by atoms with Gasteiger partial charge in [0, 0.05) is 17.1 Å². The predicted molar refractivity (Wildman–Crippen MR) is 101 cm³/mol. The van der Waals surface area contributed by atoms with Crippen molar-refractivity contribution in [3.63, 3.8) is 0 Å². The first-order valence-electron chi connectivity index (χ1n) is 7.66. The molecular weight excluding hydrogens is 355 g/mol. The van der Waals surface area contributed by atoms with Crippen LogP contribution in [0.25, 0.3) is 10.2 Å². The number of terminal acetylenes is 1. The zero-order valence-corrected chi connectivity index (χ0v) is 14.9. The highest BCUT2D eigenvalue weighted by Gasteiger charge is 2.11. The Morgan fingerprint density at radius 2 is 2.04 bits per heavy atom. The monoisotopic (exact) mass is 370 g/mol. The summed E-state index contributed by atoms with van der Waals surface area (Å²) >= 11 is 2.87. The van der Waals surface area contributed by atoms with E-state index < -0.39 is 0 Å². The molecule has 3 nitrogen and oxygen atoms in total. The van der Waals surface area contributed by atoms with Crippen molar-refractivity contribution >= 4 is 39.2 Å². The lowest BCUT2D eigenvalue weighted by molar-refractivity contribution is -0.117. The molecule has 0 bridgehead atoms. The number of rotatable bonds is 5. The number of carbonyl (C=O) groups excluding carboxylic acids is 1. The molecule has 1 aromatic heterocycles. The molecule has 0 saturated heterocycles. The number of halogens is 1. The largest absolute Gasteiger partial charge is 0.302 e. The van der Waals surface area contributed by atoms with Gasteiger partial charge in [0.25, 0.3) is 0 Å². The van der Waals surface area contributed by atoms with Gasteiger partial charge in [-0.25, -0.2) is 4.39 Å². The van der Waals surface area contributed by atoms with Crippen LogP contribution >= 0.6 is 23.1 Å². The number of benzene rings is 2. The van der Waals surface area contributed by atoms with Crippen LogP contribution in [-0.4, -0.2) is 16.2 Å². The highest BCUT2D eigenvalue weighted by Crippen LogP contribution is 2.21. The third kappa shape index (κ3) is 4.19. The van der Waals surface area contributed by atoms with Crippen molar-refractivity contribution in [1.29, 1.82) is 0 Å². The summed E-state index contributed by atoms with van der Waals surface area (Å²) in [7, 11) is 0. The van der Waals surface area contributed by atoms with E-state index in [0.29, 0.717) is 22.5 Å². The number of hydrogen-bond donors (Lipinski definition) is 0. The molecule has 0 radical (unpaired) electrons. The van der Waals surface area contributed by atoms with E-state index in [1.165, 1.54) is 17.4 Å². The molecule has 25 heavy (non-hydrogen) atoms. The van der Waals surface area contributed by atoms with Gasteiger partial charge in [0.2, 0.25) is 5.91 Å². The fourth-order valence-corrected chi connectivity index (χ4v) is 4.27. The van der Waals surface area contributed by atoms with E-state index in [1.54, 1.807) is 28.5 Å². The summed E-state index contributed by atoms with van der Waals surface area (Å²) < 4.78 is 16.4. The highest BCUT2D eigenvalue weighted by atomic mass is 32.2. The summed E-state index contributed by atoms with van der Waals surface area (Å²) in [5.41, 5.74) is 0.399. The van der Waals surface area contributed by atoms with Crippen molar-refractivity contribution in [2.24, 2.45) is 4.99 Å². The number of para-hydroxylation sites is 1. The SMILES string of the molecule is C#CCn1c(=NC(=O)CCSc2ccccc2)sc2cccc(F)c21. The number of fused-ring (bicyclic) bond motifs is 1. The number of carbonyl (C=O) groups is 1. The zero-order chi connectivity index (χ0) is 17.6. The van der Waals surface area contributed by atoms with Crippen LogP contribution in [0.1, 0.15) is 6.42 Å². The number of amides is 1. The second-order valence-electron chi connectivity index (χ2n) is 5.18. The van der Waals surface area contributed by atoms with Gasteiger partial charge in [-0.05, 0) is 24.3 Å². The molecule has 3 rings (SSSR count). The molecule has 3 aromatic rings. The summed E-state index contributed by atoms with van der Waals surface area (Å²) in [4.78, 5) is 17.9. The van der Waals surface area contributed by atoms with Crippen LogP contribution in [0, 0.1) is 18.2 Å². The van der Waals surface area contributed by atoms with Crippen molar-refractivity contribution in [3.8, 4) is 12.3 Å². The Balaban J connectivity index is 1.80. The molecule has 2 aromatic carbocycles. The molecule has 0 atom stereocenters. The second-order valence-corrected chi connectivity index (χ2v) is 7.36. The van der Waals surface area contributed by atoms with Crippen LogP contribution in [0.15, 0.2) is 58.4 Å². The van der Waals surface area contributed by atoms with Crippen LogP contribution in [-0.2, 0) is 11.3 Å². The third-order valence-corrected chi connectivity index (χ3v) is 5.51. The Kier molecular flexibility index (Phi) is 5.69. The van der Waals surface area contributed by atoms with E-state index in [2.05, 4.69) is 10.9 Å². The second kappa shape index (κ2) is 8.15. The molecule has 0 spiro atoms.